The predicted molar refractivity (Wildman–Crippen MR) is 137 cm³/mol. The molecule has 0 bridgehead atoms. The second-order valence-corrected chi connectivity index (χ2v) is 8.34. The summed E-state index contributed by atoms with van der Waals surface area (Å²) >= 11 is 0. The number of methoxy groups -OCH3 is 2. The van der Waals surface area contributed by atoms with Crippen LogP contribution in [-0.2, 0) is 11.2 Å². The van der Waals surface area contributed by atoms with Crippen molar-refractivity contribution in [2.45, 2.75) is 45.1 Å². The van der Waals surface area contributed by atoms with Gasteiger partial charge in [-0.25, -0.2) is 0 Å². The summed E-state index contributed by atoms with van der Waals surface area (Å²) in [6.45, 7) is 2.06. The van der Waals surface area contributed by atoms with E-state index in [4.69, 9.17) is 9.47 Å². The van der Waals surface area contributed by atoms with Gasteiger partial charge in [0.25, 0.3) is 0 Å². The molecule has 1 heterocycles. The topological polar surface area (TPSA) is 60.5 Å². The molecule has 0 aliphatic carbocycles. The number of hydrogen-bond acceptors (Lipinski definition) is 4. The third kappa shape index (κ3) is 7.77. The molecule has 0 saturated carbocycles. The highest BCUT2D eigenvalue weighted by Gasteiger charge is 2.10. The van der Waals surface area contributed by atoms with Crippen molar-refractivity contribution < 1.29 is 14.3 Å². The van der Waals surface area contributed by atoms with Crippen molar-refractivity contribution in [3.8, 4) is 11.5 Å². The molecule has 1 aromatic heterocycles. The van der Waals surface area contributed by atoms with Crippen LogP contribution in [0.5, 0.6) is 11.5 Å². The first-order valence-electron chi connectivity index (χ1n) is 11.8. The van der Waals surface area contributed by atoms with Crippen LogP contribution in [0.25, 0.3) is 5.57 Å². The molecule has 5 nitrogen and oxygen atoms in total. The van der Waals surface area contributed by atoms with Crippen LogP contribution in [0.1, 0.15) is 49.3 Å². The van der Waals surface area contributed by atoms with E-state index in [2.05, 4.69) is 41.5 Å². The summed E-state index contributed by atoms with van der Waals surface area (Å²) in [7, 11) is 3.33. The number of nitrogens with one attached hydrogen (secondary N) is 1. The minimum absolute atomic E-state index is 0.0702. The number of amides is 1. The largest absolute Gasteiger partial charge is 0.497 e. The molecule has 1 amide bonds. The van der Waals surface area contributed by atoms with Crippen LogP contribution in [0.2, 0.25) is 0 Å². The number of pyridine rings is 1. The van der Waals surface area contributed by atoms with Gasteiger partial charge in [-0.2, -0.15) is 0 Å². The van der Waals surface area contributed by atoms with Crippen molar-refractivity contribution in [1.82, 2.24) is 10.3 Å². The molecule has 1 unspecified atom stereocenters. The normalized spacial score (nSPS) is 11.4. The Morgan fingerprint density at radius 2 is 1.68 bits per heavy atom. The molecule has 0 spiro atoms. The highest BCUT2D eigenvalue weighted by atomic mass is 16.5. The number of allylic oxidation sites excluding steroid dienone is 1. The molecular formula is C29H34N2O3. The molecule has 1 atom stereocenters. The summed E-state index contributed by atoms with van der Waals surface area (Å²) in [5, 5.41) is 3.13. The van der Waals surface area contributed by atoms with Gasteiger partial charge in [-0.3, -0.25) is 9.78 Å². The van der Waals surface area contributed by atoms with E-state index in [1.807, 2.05) is 48.7 Å². The number of aromatic nitrogens is 1. The van der Waals surface area contributed by atoms with Crippen molar-refractivity contribution in [2.75, 3.05) is 14.2 Å². The Hall–Kier alpha value is -3.60. The molecule has 0 fully saturated rings. The van der Waals surface area contributed by atoms with Gasteiger partial charge in [0.1, 0.15) is 11.5 Å². The van der Waals surface area contributed by atoms with Crippen LogP contribution in [-0.4, -0.2) is 31.2 Å². The molecule has 178 valence electrons. The molecule has 0 aliphatic heterocycles. The Bertz CT molecular complexity index is 1030. The number of nitrogens with zero attached hydrogens (tertiary/aromatic N) is 1. The maximum Gasteiger partial charge on any atom is 0.220 e. The minimum Gasteiger partial charge on any atom is -0.497 e. The van der Waals surface area contributed by atoms with Crippen LogP contribution in [0.15, 0.2) is 79.1 Å². The van der Waals surface area contributed by atoms with Gasteiger partial charge in [-0.05, 0) is 85.2 Å². The molecule has 0 saturated heterocycles. The lowest BCUT2D eigenvalue weighted by molar-refractivity contribution is -0.121. The molecule has 3 aromatic rings. The number of carbonyl (C=O) groups excluding carboxylic acids is 1. The van der Waals surface area contributed by atoms with E-state index in [9.17, 15) is 4.79 Å². The zero-order chi connectivity index (χ0) is 24.2. The van der Waals surface area contributed by atoms with Crippen molar-refractivity contribution in [3.05, 3.63) is 95.8 Å². The molecule has 5 heteroatoms. The summed E-state index contributed by atoms with van der Waals surface area (Å²) in [5.74, 6) is 1.66. The highest BCUT2D eigenvalue weighted by molar-refractivity contribution is 5.82. The van der Waals surface area contributed by atoms with Crippen molar-refractivity contribution in [1.29, 1.82) is 0 Å². The molecular weight excluding hydrogens is 424 g/mol. The minimum atomic E-state index is 0.0702. The Morgan fingerprint density at radius 1 is 1.00 bits per heavy atom. The summed E-state index contributed by atoms with van der Waals surface area (Å²) < 4.78 is 10.8. The fourth-order valence-corrected chi connectivity index (χ4v) is 3.91. The van der Waals surface area contributed by atoms with Crippen LogP contribution in [0.3, 0.4) is 0 Å². The van der Waals surface area contributed by atoms with E-state index in [1.165, 1.54) is 5.56 Å². The first kappa shape index (κ1) is 25.0. The van der Waals surface area contributed by atoms with Crippen molar-refractivity contribution in [3.63, 3.8) is 0 Å². The SMILES string of the molecule is COc1cccc(C(=CCCC(=O)NC(C)CCCc2cccnc2)c2cccc(OC)c2)c1. The number of aryl methyl sites for hydroxylation is 1. The zero-order valence-corrected chi connectivity index (χ0v) is 20.3. The van der Waals surface area contributed by atoms with Gasteiger partial charge in [0, 0.05) is 24.9 Å². The van der Waals surface area contributed by atoms with E-state index in [0.717, 1.165) is 47.5 Å². The lowest BCUT2D eigenvalue weighted by Crippen LogP contribution is -2.32. The Balaban J connectivity index is 1.60. The van der Waals surface area contributed by atoms with Gasteiger partial charge in [0.15, 0.2) is 0 Å². The molecule has 0 radical (unpaired) electrons. The van der Waals surface area contributed by atoms with Gasteiger partial charge in [0.05, 0.1) is 14.2 Å². The average molecular weight is 459 g/mol. The maximum absolute atomic E-state index is 12.6. The first-order chi connectivity index (χ1) is 16.6. The third-order valence-corrected chi connectivity index (χ3v) is 5.71. The highest BCUT2D eigenvalue weighted by Crippen LogP contribution is 2.29. The number of ether oxygens (including phenoxy) is 2. The molecule has 1 N–H and O–H groups in total. The predicted octanol–water partition coefficient (Wildman–Crippen LogP) is 5.84. The number of rotatable bonds is 12. The number of benzene rings is 2. The quantitative estimate of drug-likeness (QED) is 0.370. The lowest BCUT2D eigenvalue weighted by Gasteiger charge is -2.14. The fourth-order valence-electron chi connectivity index (χ4n) is 3.91. The smallest absolute Gasteiger partial charge is 0.220 e. The second kappa shape index (κ2) is 13.2. The van der Waals surface area contributed by atoms with Gasteiger partial charge in [-0.15, -0.1) is 0 Å². The van der Waals surface area contributed by atoms with Crippen LogP contribution < -0.4 is 14.8 Å². The summed E-state index contributed by atoms with van der Waals surface area (Å²) in [6, 6.07) is 20.1. The molecule has 0 aliphatic rings. The van der Waals surface area contributed by atoms with E-state index in [-0.39, 0.29) is 11.9 Å². The van der Waals surface area contributed by atoms with Gasteiger partial charge < -0.3 is 14.8 Å². The van der Waals surface area contributed by atoms with Gasteiger partial charge >= 0.3 is 0 Å². The van der Waals surface area contributed by atoms with E-state index >= 15 is 0 Å². The summed E-state index contributed by atoms with van der Waals surface area (Å²) in [4.78, 5) is 16.7. The summed E-state index contributed by atoms with van der Waals surface area (Å²) in [5.41, 5.74) is 4.36. The second-order valence-electron chi connectivity index (χ2n) is 8.34. The molecule has 3 rings (SSSR count). The van der Waals surface area contributed by atoms with E-state index in [1.54, 1.807) is 20.4 Å². The van der Waals surface area contributed by atoms with Crippen LogP contribution >= 0.6 is 0 Å². The Labute approximate surface area is 202 Å². The average Bonchev–Trinajstić information content (AvgIpc) is 2.87. The Kier molecular flexibility index (Phi) is 9.71. The van der Waals surface area contributed by atoms with Crippen LogP contribution in [0.4, 0.5) is 0 Å². The molecule has 2 aromatic carbocycles. The fraction of sp³-hybridized carbons (Fsp3) is 0.310. The summed E-state index contributed by atoms with van der Waals surface area (Å²) in [6.07, 6.45) is 9.81. The van der Waals surface area contributed by atoms with Gasteiger partial charge in [-0.1, -0.05) is 36.4 Å². The Morgan fingerprint density at radius 3 is 2.26 bits per heavy atom. The van der Waals surface area contributed by atoms with Crippen molar-refractivity contribution >= 4 is 11.5 Å². The van der Waals surface area contributed by atoms with Crippen molar-refractivity contribution in [2.24, 2.45) is 0 Å². The van der Waals surface area contributed by atoms with Crippen LogP contribution in [0, 0.1) is 0 Å². The third-order valence-electron chi connectivity index (χ3n) is 5.71. The lowest BCUT2D eigenvalue weighted by atomic mass is 9.96. The monoisotopic (exact) mass is 458 g/mol. The maximum atomic E-state index is 12.6. The zero-order valence-electron chi connectivity index (χ0n) is 20.3. The number of carbonyl (C=O) groups is 1. The van der Waals surface area contributed by atoms with E-state index in [0.29, 0.717) is 12.8 Å². The molecule has 34 heavy (non-hydrogen) atoms. The van der Waals surface area contributed by atoms with Gasteiger partial charge in [0.2, 0.25) is 5.91 Å². The number of hydrogen-bond donors (Lipinski definition) is 1. The first-order valence-corrected chi connectivity index (χ1v) is 11.8. The van der Waals surface area contributed by atoms with E-state index < -0.39 is 0 Å². The standard InChI is InChI=1S/C29H34N2O3/c1-22(9-4-10-23-11-8-18-30-21-23)31-29(32)17-7-16-28(24-12-5-14-26(19-24)33-2)25-13-6-15-27(20-25)34-3/h5-6,8,11-16,18-22H,4,7,9-10,17H2,1-3H3,(H,31,32).